The minimum Gasteiger partial charge on any atom is -0.396 e. The Balaban J connectivity index is 2.23. The van der Waals surface area contributed by atoms with Gasteiger partial charge in [-0.15, -0.1) is 0 Å². The highest BCUT2D eigenvalue weighted by molar-refractivity contribution is 6.30. The zero-order chi connectivity index (χ0) is 10.7. The molecular weight excluding hydrogens is 212 g/mol. The Morgan fingerprint density at radius 1 is 1.27 bits per heavy atom. The van der Waals surface area contributed by atoms with Crippen molar-refractivity contribution in [3.63, 3.8) is 0 Å². The van der Waals surface area contributed by atoms with E-state index < -0.39 is 0 Å². The molecule has 0 radical (unpaired) electrons. The van der Waals surface area contributed by atoms with Gasteiger partial charge in [-0.05, 0) is 24.1 Å². The number of nitrogens with zero attached hydrogens (tertiary/aromatic N) is 2. The fraction of sp³-hybridized carbons (Fsp3) is 0.182. The molecular formula is C11H11ClN2O. The lowest BCUT2D eigenvalue weighted by Crippen LogP contribution is -1.95. The molecule has 0 unspecified atom stereocenters. The average molecular weight is 223 g/mol. The average Bonchev–Trinajstić information content (AvgIpc) is 2.67. The smallest absolute Gasteiger partial charge is 0.0790 e. The van der Waals surface area contributed by atoms with Crippen LogP contribution in [0.5, 0.6) is 0 Å². The van der Waals surface area contributed by atoms with E-state index in [1.165, 1.54) is 0 Å². The number of aliphatic hydroxyl groups excluding tert-OH is 1. The first-order valence-corrected chi connectivity index (χ1v) is 5.08. The predicted molar refractivity (Wildman–Crippen MR) is 59.4 cm³/mol. The van der Waals surface area contributed by atoms with Gasteiger partial charge < -0.3 is 5.11 Å². The number of aromatic nitrogens is 2. The summed E-state index contributed by atoms with van der Waals surface area (Å²) in [5, 5.41) is 13.5. The summed E-state index contributed by atoms with van der Waals surface area (Å²) < 4.78 is 1.71. The van der Waals surface area contributed by atoms with Crippen LogP contribution in [0.15, 0.2) is 36.7 Å². The zero-order valence-corrected chi connectivity index (χ0v) is 8.85. The van der Waals surface area contributed by atoms with Crippen LogP contribution in [-0.4, -0.2) is 21.5 Å². The molecule has 0 spiro atoms. The fourth-order valence-electron chi connectivity index (χ4n) is 1.39. The number of benzene rings is 1. The number of aliphatic hydroxyl groups is 1. The first-order chi connectivity index (χ1) is 7.29. The lowest BCUT2D eigenvalue weighted by molar-refractivity contribution is 0.299. The number of halogens is 1. The summed E-state index contributed by atoms with van der Waals surface area (Å²) in [6, 6.07) is 7.85. The number of hydrogen-bond donors (Lipinski definition) is 1. The number of hydrogen-bond acceptors (Lipinski definition) is 2. The van der Waals surface area contributed by atoms with Crippen LogP contribution in [0.2, 0.25) is 5.02 Å². The summed E-state index contributed by atoms with van der Waals surface area (Å²) in [6.07, 6.45) is 4.03. The molecule has 2 rings (SSSR count). The largest absolute Gasteiger partial charge is 0.396 e. The Hall–Kier alpha value is -1.32. The van der Waals surface area contributed by atoms with Crippen molar-refractivity contribution in [2.75, 3.05) is 6.61 Å². The van der Waals surface area contributed by atoms with Crippen molar-refractivity contribution in [3.05, 3.63) is 47.2 Å². The molecule has 1 N–H and O–H groups in total. The van der Waals surface area contributed by atoms with E-state index in [9.17, 15) is 0 Å². The van der Waals surface area contributed by atoms with Crippen molar-refractivity contribution in [3.8, 4) is 5.69 Å². The minimum atomic E-state index is 0.174. The SMILES string of the molecule is OCCc1ccc(-n2cc(Cl)cn2)cc1. The summed E-state index contributed by atoms with van der Waals surface area (Å²) in [4.78, 5) is 0. The van der Waals surface area contributed by atoms with Crippen molar-refractivity contribution in [1.29, 1.82) is 0 Å². The van der Waals surface area contributed by atoms with Gasteiger partial charge in [0.2, 0.25) is 0 Å². The van der Waals surface area contributed by atoms with E-state index in [0.717, 1.165) is 11.3 Å². The second-order valence-electron chi connectivity index (χ2n) is 3.24. The maximum Gasteiger partial charge on any atom is 0.0790 e. The van der Waals surface area contributed by atoms with Crippen LogP contribution in [0.3, 0.4) is 0 Å². The van der Waals surface area contributed by atoms with Crippen LogP contribution in [-0.2, 0) is 6.42 Å². The summed E-state index contributed by atoms with van der Waals surface area (Å²) >= 11 is 5.77. The molecule has 4 heteroatoms. The second-order valence-corrected chi connectivity index (χ2v) is 3.68. The van der Waals surface area contributed by atoms with Gasteiger partial charge in [-0.1, -0.05) is 23.7 Å². The molecule has 0 amide bonds. The van der Waals surface area contributed by atoms with E-state index in [4.69, 9.17) is 16.7 Å². The third kappa shape index (κ3) is 2.37. The van der Waals surface area contributed by atoms with Crippen molar-refractivity contribution < 1.29 is 5.11 Å². The van der Waals surface area contributed by atoms with E-state index in [1.54, 1.807) is 17.1 Å². The molecule has 0 atom stereocenters. The highest BCUT2D eigenvalue weighted by Crippen LogP contribution is 2.12. The van der Waals surface area contributed by atoms with Crippen molar-refractivity contribution in [2.24, 2.45) is 0 Å². The van der Waals surface area contributed by atoms with Gasteiger partial charge in [-0.25, -0.2) is 4.68 Å². The monoisotopic (exact) mass is 222 g/mol. The second kappa shape index (κ2) is 4.47. The maximum absolute atomic E-state index is 8.77. The Bertz CT molecular complexity index is 436. The quantitative estimate of drug-likeness (QED) is 0.864. The normalized spacial score (nSPS) is 10.5. The minimum absolute atomic E-state index is 0.174. The Kier molecular flexibility index (Phi) is 3.04. The van der Waals surface area contributed by atoms with Gasteiger partial charge in [-0.2, -0.15) is 5.10 Å². The highest BCUT2D eigenvalue weighted by Gasteiger charge is 1.99. The zero-order valence-electron chi connectivity index (χ0n) is 8.10. The van der Waals surface area contributed by atoms with Crippen molar-refractivity contribution in [1.82, 2.24) is 9.78 Å². The maximum atomic E-state index is 8.77. The summed E-state index contributed by atoms with van der Waals surface area (Å²) in [7, 11) is 0. The van der Waals surface area contributed by atoms with Crippen LogP contribution >= 0.6 is 11.6 Å². The molecule has 1 aromatic carbocycles. The van der Waals surface area contributed by atoms with Gasteiger partial charge >= 0.3 is 0 Å². The molecule has 0 fully saturated rings. The van der Waals surface area contributed by atoms with Gasteiger partial charge in [0.05, 0.1) is 16.9 Å². The van der Waals surface area contributed by atoms with E-state index >= 15 is 0 Å². The van der Waals surface area contributed by atoms with E-state index in [-0.39, 0.29) is 6.61 Å². The summed E-state index contributed by atoms with van der Waals surface area (Å²) in [5.74, 6) is 0. The Morgan fingerprint density at radius 3 is 2.53 bits per heavy atom. The third-order valence-electron chi connectivity index (χ3n) is 2.15. The summed E-state index contributed by atoms with van der Waals surface area (Å²) in [5.41, 5.74) is 2.07. The van der Waals surface area contributed by atoms with Crippen molar-refractivity contribution in [2.45, 2.75) is 6.42 Å². The van der Waals surface area contributed by atoms with Gasteiger partial charge in [-0.3, -0.25) is 0 Å². The van der Waals surface area contributed by atoms with Crippen LogP contribution in [0, 0.1) is 0 Å². The van der Waals surface area contributed by atoms with Crippen LogP contribution in [0.1, 0.15) is 5.56 Å². The van der Waals surface area contributed by atoms with Gasteiger partial charge in [0, 0.05) is 12.8 Å². The molecule has 3 nitrogen and oxygen atoms in total. The summed E-state index contributed by atoms with van der Waals surface area (Å²) in [6.45, 7) is 0.174. The Morgan fingerprint density at radius 2 is 2.00 bits per heavy atom. The molecule has 78 valence electrons. The molecule has 1 aromatic heterocycles. The molecule has 2 aromatic rings. The van der Waals surface area contributed by atoms with E-state index in [0.29, 0.717) is 11.4 Å². The number of rotatable bonds is 3. The predicted octanol–water partition coefficient (Wildman–Crippen LogP) is 2.06. The standard InChI is InChI=1S/C11H11ClN2O/c12-10-7-13-14(8-10)11-3-1-9(2-4-11)5-6-15/h1-4,7-8,15H,5-6H2. The first-order valence-electron chi connectivity index (χ1n) is 4.70. The molecule has 0 aliphatic rings. The fourth-order valence-corrected chi connectivity index (χ4v) is 1.52. The Labute approximate surface area is 92.9 Å². The molecule has 0 bridgehead atoms. The molecule has 0 saturated carbocycles. The molecule has 0 aliphatic heterocycles. The van der Waals surface area contributed by atoms with Crippen LogP contribution in [0.4, 0.5) is 0 Å². The highest BCUT2D eigenvalue weighted by atomic mass is 35.5. The first kappa shape index (κ1) is 10.2. The third-order valence-corrected chi connectivity index (χ3v) is 2.35. The topological polar surface area (TPSA) is 38.0 Å². The van der Waals surface area contributed by atoms with Gasteiger partial charge in [0.1, 0.15) is 0 Å². The lowest BCUT2D eigenvalue weighted by Gasteiger charge is -2.02. The van der Waals surface area contributed by atoms with E-state index in [1.807, 2.05) is 24.3 Å². The molecule has 15 heavy (non-hydrogen) atoms. The molecule has 1 heterocycles. The molecule has 0 aliphatic carbocycles. The van der Waals surface area contributed by atoms with E-state index in [2.05, 4.69) is 5.10 Å². The molecule has 0 saturated heterocycles. The van der Waals surface area contributed by atoms with Crippen LogP contribution in [0.25, 0.3) is 5.69 Å². The lowest BCUT2D eigenvalue weighted by atomic mass is 10.1. The van der Waals surface area contributed by atoms with Crippen LogP contribution < -0.4 is 0 Å². The van der Waals surface area contributed by atoms with Crippen molar-refractivity contribution >= 4 is 11.6 Å². The van der Waals surface area contributed by atoms with Gasteiger partial charge in [0.15, 0.2) is 0 Å². The van der Waals surface area contributed by atoms with Gasteiger partial charge in [0.25, 0.3) is 0 Å².